The molecule has 1 saturated carbocycles. The van der Waals surface area contributed by atoms with Crippen molar-refractivity contribution in [3.8, 4) is 11.3 Å². The van der Waals surface area contributed by atoms with Crippen molar-refractivity contribution in [2.24, 2.45) is 5.92 Å². The summed E-state index contributed by atoms with van der Waals surface area (Å²) >= 11 is 0. The van der Waals surface area contributed by atoms with Gasteiger partial charge < -0.3 is 10.4 Å². The van der Waals surface area contributed by atoms with Crippen molar-refractivity contribution in [2.45, 2.75) is 25.4 Å². The van der Waals surface area contributed by atoms with Crippen LogP contribution >= 0.6 is 0 Å². The lowest BCUT2D eigenvalue weighted by Crippen LogP contribution is -2.23. The van der Waals surface area contributed by atoms with Crippen molar-refractivity contribution in [1.82, 2.24) is 19.6 Å². The zero-order valence-electron chi connectivity index (χ0n) is 12.8. The van der Waals surface area contributed by atoms with Crippen LogP contribution in [0.25, 0.3) is 17.0 Å². The van der Waals surface area contributed by atoms with E-state index in [9.17, 15) is 5.11 Å². The monoisotopic (exact) mass is 309 g/mol. The van der Waals surface area contributed by atoms with Crippen LogP contribution in [0.3, 0.4) is 0 Å². The standard InChI is InChI=1S/C17H19N5O/c23-15-8-4-7-13(15)10-18-16-9-14(12-5-2-1-3-6-12)21-17-19-11-20-22(16)17/h1-3,5-6,9,11,13,15,18,23H,4,7-8,10H2. The summed E-state index contributed by atoms with van der Waals surface area (Å²) in [7, 11) is 0. The van der Waals surface area contributed by atoms with E-state index in [4.69, 9.17) is 0 Å². The molecule has 1 fully saturated rings. The van der Waals surface area contributed by atoms with E-state index in [0.29, 0.717) is 11.7 Å². The van der Waals surface area contributed by atoms with Crippen LogP contribution in [0.4, 0.5) is 5.82 Å². The zero-order chi connectivity index (χ0) is 15.6. The molecule has 1 aliphatic carbocycles. The molecule has 118 valence electrons. The van der Waals surface area contributed by atoms with Gasteiger partial charge in [0.05, 0.1) is 11.8 Å². The predicted molar refractivity (Wildman–Crippen MR) is 88.1 cm³/mol. The predicted octanol–water partition coefficient (Wildman–Crippen LogP) is 2.36. The summed E-state index contributed by atoms with van der Waals surface area (Å²) in [5.41, 5.74) is 1.91. The van der Waals surface area contributed by atoms with Crippen LogP contribution in [-0.2, 0) is 0 Å². The van der Waals surface area contributed by atoms with Crippen LogP contribution in [0.2, 0.25) is 0 Å². The molecule has 0 amide bonds. The van der Waals surface area contributed by atoms with Gasteiger partial charge in [-0.1, -0.05) is 36.8 Å². The van der Waals surface area contributed by atoms with Gasteiger partial charge in [-0.2, -0.15) is 14.6 Å². The number of benzene rings is 1. The maximum atomic E-state index is 9.99. The Morgan fingerprint density at radius 1 is 1.22 bits per heavy atom. The fourth-order valence-electron chi connectivity index (χ4n) is 3.19. The Hall–Kier alpha value is -2.47. The zero-order valence-corrected chi connectivity index (χ0v) is 12.8. The van der Waals surface area contributed by atoms with Gasteiger partial charge in [0.25, 0.3) is 5.78 Å². The van der Waals surface area contributed by atoms with Gasteiger partial charge in [-0.3, -0.25) is 0 Å². The second kappa shape index (κ2) is 5.96. The molecule has 2 heterocycles. The number of nitrogens with one attached hydrogen (secondary N) is 1. The molecule has 23 heavy (non-hydrogen) atoms. The van der Waals surface area contributed by atoms with Gasteiger partial charge in [-0.15, -0.1) is 0 Å². The Balaban J connectivity index is 1.66. The van der Waals surface area contributed by atoms with Gasteiger partial charge in [-0.25, -0.2) is 4.98 Å². The highest BCUT2D eigenvalue weighted by atomic mass is 16.3. The molecule has 0 spiro atoms. The molecule has 4 rings (SSSR count). The number of anilines is 1. The summed E-state index contributed by atoms with van der Waals surface area (Å²) in [5.74, 6) is 1.72. The van der Waals surface area contributed by atoms with E-state index in [0.717, 1.165) is 42.9 Å². The van der Waals surface area contributed by atoms with E-state index in [2.05, 4.69) is 20.4 Å². The van der Waals surface area contributed by atoms with Gasteiger partial charge in [0, 0.05) is 24.1 Å². The van der Waals surface area contributed by atoms with Gasteiger partial charge in [0.15, 0.2) is 0 Å². The fraction of sp³-hybridized carbons (Fsp3) is 0.353. The first-order valence-corrected chi connectivity index (χ1v) is 7.99. The maximum Gasteiger partial charge on any atom is 0.254 e. The van der Waals surface area contributed by atoms with E-state index in [1.165, 1.54) is 6.33 Å². The Labute approximate surface area is 134 Å². The molecule has 3 aromatic rings. The minimum atomic E-state index is -0.204. The topological polar surface area (TPSA) is 75.3 Å². The first kappa shape index (κ1) is 14.1. The third-order valence-electron chi connectivity index (χ3n) is 4.49. The summed E-state index contributed by atoms with van der Waals surface area (Å²) in [6.07, 6.45) is 4.36. The van der Waals surface area contributed by atoms with E-state index >= 15 is 0 Å². The molecule has 0 saturated heterocycles. The second-order valence-electron chi connectivity index (χ2n) is 6.00. The summed E-state index contributed by atoms with van der Waals surface area (Å²) in [6.45, 7) is 0.731. The molecular weight excluding hydrogens is 290 g/mol. The highest BCUT2D eigenvalue weighted by Gasteiger charge is 2.25. The Bertz CT molecular complexity index is 801. The Morgan fingerprint density at radius 2 is 2.09 bits per heavy atom. The summed E-state index contributed by atoms with van der Waals surface area (Å²) in [5, 5.41) is 17.6. The minimum absolute atomic E-state index is 0.204. The van der Waals surface area contributed by atoms with E-state index in [1.807, 2.05) is 36.4 Å². The van der Waals surface area contributed by atoms with Gasteiger partial charge in [0.1, 0.15) is 12.1 Å². The molecule has 0 radical (unpaired) electrons. The molecule has 1 aliphatic rings. The normalized spacial score (nSPS) is 20.9. The van der Waals surface area contributed by atoms with Crippen LogP contribution in [-0.4, -0.2) is 37.3 Å². The lowest BCUT2D eigenvalue weighted by atomic mass is 10.1. The largest absolute Gasteiger partial charge is 0.393 e. The maximum absolute atomic E-state index is 9.99. The number of aromatic nitrogens is 4. The van der Waals surface area contributed by atoms with Gasteiger partial charge in [0.2, 0.25) is 0 Å². The van der Waals surface area contributed by atoms with E-state index in [1.54, 1.807) is 4.52 Å². The molecule has 1 aromatic carbocycles. The minimum Gasteiger partial charge on any atom is -0.393 e. The summed E-state index contributed by atoms with van der Waals surface area (Å²) in [6, 6.07) is 12.0. The molecular formula is C17H19N5O. The summed E-state index contributed by atoms with van der Waals surface area (Å²) < 4.78 is 1.70. The molecule has 6 nitrogen and oxygen atoms in total. The Kier molecular flexibility index (Phi) is 3.67. The van der Waals surface area contributed by atoms with Gasteiger partial charge >= 0.3 is 0 Å². The van der Waals surface area contributed by atoms with Crippen molar-refractivity contribution in [1.29, 1.82) is 0 Å². The smallest absolute Gasteiger partial charge is 0.254 e. The van der Waals surface area contributed by atoms with Crippen LogP contribution in [0.15, 0.2) is 42.7 Å². The molecule has 2 unspecified atom stereocenters. The van der Waals surface area contributed by atoms with Crippen LogP contribution in [0.1, 0.15) is 19.3 Å². The Morgan fingerprint density at radius 3 is 2.87 bits per heavy atom. The van der Waals surface area contributed by atoms with Crippen molar-refractivity contribution in [3.05, 3.63) is 42.7 Å². The van der Waals surface area contributed by atoms with Crippen molar-refractivity contribution in [3.63, 3.8) is 0 Å². The van der Waals surface area contributed by atoms with Crippen molar-refractivity contribution in [2.75, 3.05) is 11.9 Å². The lowest BCUT2D eigenvalue weighted by molar-refractivity contribution is 0.138. The van der Waals surface area contributed by atoms with E-state index < -0.39 is 0 Å². The number of nitrogens with zero attached hydrogens (tertiary/aromatic N) is 4. The lowest BCUT2D eigenvalue weighted by Gasteiger charge is -2.16. The van der Waals surface area contributed by atoms with Crippen LogP contribution in [0, 0.1) is 5.92 Å². The number of hydrogen-bond donors (Lipinski definition) is 2. The molecule has 6 heteroatoms. The number of rotatable bonds is 4. The molecule has 2 atom stereocenters. The SMILES string of the molecule is OC1CCCC1CNc1cc(-c2ccccc2)nc2ncnn12. The fourth-order valence-corrected chi connectivity index (χ4v) is 3.19. The molecule has 2 aromatic heterocycles. The highest BCUT2D eigenvalue weighted by molar-refractivity contribution is 5.65. The number of hydrogen-bond acceptors (Lipinski definition) is 5. The van der Waals surface area contributed by atoms with Gasteiger partial charge in [-0.05, 0) is 12.8 Å². The average Bonchev–Trinajstić information content (AvgIpc) is 3.22. The highest BCUT2D eigenvalue weighted by Crippen LogP contribution is 2.26. The third-order valence-corrected chi connectivity index (χ3v) is 4.49. The first-order valence-electron chi connectivity index (χ1n) is 7.99. The molecule has 0 bridgehead atoms. The summed E-state index contributed by atoms with van der Waals surface area (Å²) in [4.78, 5) is 8.77. The third kappa shape index (κ3) is 2.77. The number of aliphatic hydroxyl groups excluding tert-OH is 1. The van der Waals surface area contributed by atoms with Crippen LogP contribution in [0.5, 0.6) is 0 Å². The molecule has 2 N–H and O–H groups in total. The van der Waals surface area contributed by atoms with Crippen molar-refractivity contribution < 1.29 is 5.11 Å². The number of fused-ring (bicyclic) bond motifs is 1. The quantitative estimate of drug-likeness (QED) is 0.774. The second-order valence-corrected chi connectivity index (χ2v) is 6.00. The first-order chi connectivity index (χ1) is 11.3. The number of aliphatic hydroxyl groups is 1. The van der Waals surface area contributed by atoms with E-state index in [-0.39, 0.29) is 6.10 Å². The average molecular weight is 309 g/mol. The molecule has 0 aliphatic heterocycles. The van der Waals surface area contributed by atoms with Crippen LogP contribution < -0.4 is 5.32 Å². The van der Waals surface area contributed by atoms with Crippen molar-refractivity contribution >= 4 is 11.6 Å².